The fourth-order valence-corrected chi connectivity index (χ4v) is 4.61. The van der Waals surface area contributed by atoms with Crippen LogP contribution < -0.4 is 4.72 Å². The molecule has 0 fully saturated rings. The average molecular weight is 466 g/mol. The largest absolute Gasteiger partial charge is 0.279 e. The van der Waals surface area contributed by atoms with Crippen molar-refractivity contribution < 1.29 is 8.42 Å². The van der Waals surface area contributed by atoms with Crippen LogP contribution >= 0.6 is 38.5 Å². The van der Waals surface area contributed by atoms with E-state index in [4.69, 9.17) is 0 Å². The molecule has 0 saturated carbocycles. The number of aryl methyl sites for hydroxylation is 1. The van der Waals surface area contributed by atoms with Gasteiger partial charge in [0.2, 0.25) is 0 Å². The van der Waals surface area contributed by atoms with Gasteiger partial charge in [0.25, 0.3) is 10.0 Å². The quantitative estimate of drug-likeness (QED) is 0.540. The Morgan fingerprint density at radius 3 is 2.40 bits per heavy atom. The van der Waals surface area contributed by atoms with E-state index in [1.165, 1.54) is 0 Å². The summed E-state index contributed by atoms with van der Waals surface area (Å²) in [6.07, 6.45) is 0. The van der Waals surface area contributed by atoms with Crippen molar-refractivity contribution in [2.45, 2.75) is 17.1 Å². The molecule has 106 valence electrons. The van der Waals surface area contributed by atoms with Crippen LogP contribution in [0, 0.1) is 10.5 Å². The summed E-state index contributed by atoms with van der Waals surface area (Å²) >= 11 is 5.54. The van der Waals surface area contributed by atoms with Crippen molar-refractivity contribution in [3.8, 4) is 0 Å². The molecule has 20 heavy (non-hydrogen) atoms. The van der Waals surface area contributed by atoms with Crippen LogP contribution in [0.5, 0.6) is 0 Å². The molecule has 0 aliphatic heterocycles. The number of sulfonamides is 1. The van der Waals surface area contributed by atoms with Crippen LogP contribution in [-0.2, 0) is 15.4 Å². The Bertz CT molecular complexity index is 714. The van der Waals surface area contributed by atoms with Gasteiger partial charge in [0.15, 0.2) is 0 Å². The van der Waals surface area contributed by atoms with Gasteiger partial charge in [-0.3, -0.25) is 4.72 Å². The molecule has 1 N–H and O–H groups in total. The average Bonchev–Trinajstić information content (AvgIpc) is 2.41. The molecule has 2 aromatic rings. The van der Waals surface area contributed by atoms with Crippen LogP contribution in [0.15, 0.2) is 47.4 Å². The smallest absolute Gasteiger partial charge is 0.261 e. The number of rotatable bonds is 4. The second-order valence-electron chi connectivity index (χ2n) is 4.33. The zero-order valence-electron chi connectivity index (χ0n) is 10.7. The Hall–Kier alpha value is -0.600. The first-order valence-corrected chi connectivity index (χ1v) is 9.55. The number of benzene rings is 2. The first-order chi connectivity index (χ1) is 9.44. The van der Waals surface area contributed by atoms with Crippen LogP contribution in [-0.4, -0.2) is 8.42 Å². The van der Waals surface area contributed by atoms with E-state index in [0.29, 0.717) is 11.0 Å². The van der Waals surface area contributed by atoms with Gasteiger partial charge >= 0.3 is 0 Å². The van der Waals surface area contributed by atoms with Gasteiger partial charge in [0.05, 0.1) is 10.6 Å². The number of hydrogen-bond donors (Lipinski definition) is 1. The van der Waals surface area contributed by atoms with E-state index in [1.807, 2.05) is 19.1 Å². The molecule has 0 aliphatic carbocycles. The lowest BCUT2D eigenvalue weighted by Crippen LogP contribution is -2.14. The van der Waals surface area contributed by atoms with E-state index >= 15 is 0 Å². The van der Waals surface area contributed by atoms with Crippen LogP contribution in [0.4, 0.5) is 5.69 Å². The predicted molar refractivity (Wildman–Crippen MR) is 93.8 cm³/mol. The van der Waals surface area contributed by atoms with Crippen LogP contribution in [0.3, 0.4) is 0 Å². The second kappa shape index (κ2) is 6.44. The Balaban J connectivity index is 2.36. The van der Waals surface area contributed by atoms with Crippen LogP contribution in [0.25, 0.3) is 0 Å². The van der Waals surface area contributed by atoms with Crippen molar-refractivity contribution in [3.05, 3.63) is 57.2 Å². The van der Waals surface area contributed by atoms with Gasteiger partial charge in [0, 0.05) is 8.90 Å². The molecule has 0 bridgehead atoms. The summed E-state index contributed by atoms with van der Waals surface area (Å²) in [7, 11) is -3.55. The van der Waals surface area contributed by atoms with E-state index < -0.39 is 10.0 Å². The minimum atomic E-state index is -3.55. The molecule has 6 heteroatoms. The summed E-state index contributed by atoms with van der Waals surface area (Å²) in [5.41, 5.74) is 2.68. The van der Waals surface area contributed by atoms with E-state index in [0.717, 1.165) is 14.7 Å². The highest BCUT2D eigenvalue weighted by Crippen LogP contribution is 2.26. The lowest BCUT2D eigenvalue weighted by molar-refractivity contribution is 0.601. The first kappa shape index (κ1) is 15.8. The van der Waals surface area contributed by atoms with Gasteiger partial charge in [-0.25, -0.2) is 8.42 Å². The normalized spacial score (nSPS) is 11.3. The molecule has 0 spiro atoms. The topological polar surface area (TPSA) is 46.2 Å². The molecule has 0 heterocycles. The Morgan fingerprint density at radius 1 is 1.15 bits per heavy atom. The molecule has 0 unspecified atom stereocenters. The Labute approximate surface area is 141 Å². The molecule has 3 nitrogen and oxygen atoms in total. The number of hydrogen-bond acceptors (Lipinski definition) is 2. The van der Waals surface area contributed by atoms with Gasteiger partial charge in [-0.2, -0.15) is 0 Å². The van der Waals surface area contributed by atoms with Crippen molar-refractivity contribution in [2.24, 2.45) is 0 Å². The molecule has 0 aromatic heterocycles. The monoisotopic (exact) mass is 465 g/mol. The van der Waals surface area contributed by atoms with E-state index in [1.54, 1.807) is 30.3 Å². The molecule has 0 radical (unpaired) electrons. The van der Waals surface area contributed by atoms with Crippen molar-refractivity contribution in [2.75, 3.05) is 4.72 Å². The summed E-state index contributed by atoms with van der Waals surface area (Å²) in [5.74, 6) is 0. The third-order valence-electron chi connectivity index (χ3n) is 2.80. The maximum atomic E-state index is 12.3. The minimum absolute atomic E-state index is 0.267. The fraction of sp³-hybridized carbons (Fsp3) is 0.143. The molecule has 2 rings (SSSR count). The predicted octanol–water partition coefficient (Wildman–Crippen LogP) is 4.30. The first-order valence-electron chi connectivity index (χ1n) is 5.87. The number of anilines is 1. The summed E-state index contributed by atoms with van der Waals surface area (Å²) in [5, 5.41) is 0.686. The van der Waals surface area contributed by atoms with Gasteiger partial charge in [-0.15, -0.1) is 0 Å². The van der Waals surface area contributed by atoms with Gasteiger partial charge in [-0.05, 0) is 53.3 Å². The maximum Gasteiger partial charge on any atom is 0.261 e. The summed E-state index contributed by atoms with van der Waals surface area (Å²) in [6, 6.07) is 12.4. The zero-order chi connectivity index (χ0) is 14.8. The summed E-state index contributed by atoms with van der Waals surface area (Å²) in [4.78, 5) is 0.267. The third-order valence-corrected chi connectivity index (χ3v) is 6.06. The van der Waals surface area contributed by atoms with E-state index in [9.17, 15) is 8.42 Å². The van der Waals surface area contributed by atoms with Crippen LogP contribution in [0.1, 0.15) is 11.1 Å². The number of alkyl halides is 1. The third kappa shape index (κ3) is 3.53. The standard InChI is InChI=1S/C14H13BrINO2S/c1-10-5-7-12(8-6-10)20(18,19)17-13-4-2-3-11(9-15)14(13)16/h2-8,17H,9H2,1H3. The lowest BCUT2D eigenvalue weighted by atomic mass is 10.2. The van der Waals surface area contributed by atoms with Crippen LogP contribution in [0.2, 0.25) is 0 Å². The Kier molecular flexibility index (Phi) is 5.09. The highest BCUT2D eigenvalue weighted by Gasteiger charge is 2.16. The molecule has 0 amide bonds. The maximum absolute atomic E-state index is 12.3. The van der Waals surface area contributed by atoms with Crippen molar-refractivity contribution in [1.82, 2.24) is 0 Å². The molecule has 0 saturated heterocycles. The lowest BCUT2D eigenvalue weighted by Gasteiger charge is -2.12. The highest BCUT2D eigenvalue weighted by molar-refractivity contribution is 14.1. The second-order valence-corrected chi connectivity index (χ2v) is 7.65. The fourth-order valence-electron chi connectivity index (χ4n) is 1.68. The molecular formula is C14H13BrINO2S. The van der Waals surface area contributed by atoms with E-state index in [2.05, 4.69) is 43.2 Å². The van der Waals surface area contributed by atoms with Crippen molar-refractivity contribution in [1.29, 1.82) is 0 Å². The summed E-state index contributed by atoms with van der Waals surface area (Å²) in [6.45, 7) is 1.92. The minimum Gasteiger partial charge on any atom is -0.279 e. The summed E-state index contributed by atoms with van der Waals surface area (Å²) < 4.78 is 28.2. The van der Waals surface area contributed by atoms with E-state index in [-0.39, 0.29) is 4.90 Å². The molecule has 0 atom stereocenters. The van der Waals surface area contributed by atoms with Crippen molar-refractivity contribution in [3.63, 3.8) is 0 Å². The van der Waals surface area contributed by atoms with Gasteiger partial charge < -0.3 is 0 Å². The SMILES string of the molecule is Cc1ccc(S(=O)(=O)Nc2cccc(CBr)c2I)cc1. The number of halogens is 2. The van der Waals surface area contributed by atoms with Gasteiger partial charge in [0.1, 0.15) is 0 Å². The molecule has 0 aliphatic rings. The highest BCUT2D eigenvalue weighted by atomic mass is 127. The van der Waals surface area contributed by atoms with Crippen molar-refractivity contribution >= 4 is 54.2 Å². The Morgan fingerprint density at radius 2 is 1.80 bits per heavy atom. The number of nitrogens with one attached hydrogen (secondary N) is 1. The molecule has 2 aromatic carbocycles. The molecular weight excluding hydrogens is 453 g/mol. The van der Waals surface area contributed by atoms with Gasteiger partial charge in [-0.1, -0.05) is 45.8 Å². The zero-order valence-corrected chi connectivity index (χ0v) is 15.3.